The molecular formula is C30H44N2O6. The molecule has 38 heavy (non-hydrogen) atoms. The molecule has 0 aliphatic heterocycles. The number of nitrogens with one attached hydrogen (secondary N) is 2. The minimum atomic E-state index is -0.706. The number of Topliss-reactive ketones (excluding diaryl/α,β-unsaturated/α-hetero) is 1. The first-order valence-corrected chi connectivity index (χ1v) is 14.2. The average Bonchev–Trinajstić information content (AvgIpc) is 3.19. The maximum Gasteiger partial charge on any atom is 0.407 e. The summed E-state index contributed by atoms with van der Waals surface area (Å²) in [4.78, 5) is 49.5. The molecule has 0 heterocycles. The van der Waals surface area contributed by atoms with Crippen molar-refractivity contribution < 1.29 is 29.0 Å². The number of allylic oxidation sites excluding steroid dienone is 4. The third kappa shape index (κ3) is 5.33. The Hall–Kier alpha value is -2.48. The van der Waals surface area contributed by atoms with Crippen molar-refractivity contribution in [3.05, 3.63) is 23.8 Å². The number of aliphatic hydroxyl groups is 1. The van der Waals surface area contributed by atoms with Crippen LogP contribution in [-0.4, -0.2) is 53.5 Å². The predicted molar refractivity (Wildman–Crippen MR) is 143 cm³/mol. The molecule has 0 spiro atoms. The molecule has 4 aliphatic carbocycles. The molecule has 2 amide bonds. The normalized spacial score (nSPS) is 35.9. The first kappa shape index (κ1) is 28.5. The van der Waals surface area contributed by atoms with Gasteiger partial charge in [-0.15, -0.1) is 0 Å². The van der Waals surface area contributed by atoms with Crippen molar-refractivity contribution >= 4 is 23.6 Å². The third-order valence-corrected chi connectivity index (χ3v) is 10.2. The van der Waals surface area contributed by atoms with Crippen molar-refractivity contribution in [1.82, 2.24) is 10.6 Å². The van der Waals surface area contributed by atoms with Gasteiger partial charge in [0.1, 0.15) is 0 Å². The zero-order valence-electron chi connectivity index (χ0n) is 23.5. The van der Waals surface area contributed by atoms with E-state index in [4.69, 9.17) is 4.74 Å². The van der Waals surface area contributed by atoms with Gasteiger partial charge >= 0.3 is 6.09 Å². The maximum atomic E-state index is 13.3. The summed E-state index contributed by atoms with van der Waals surface area (Å²) < 4.78 is 5.23. The van der Waals surface area contributed by atoms with E-state index in [1.165, 1.54) is 0 Å². The van der Waals surface area contributed by atoms with Gasteiger partial charge in [-0.05, 0) is 81.8 Å². The lowest BCUT2D eigenvalue weighted by Crippen LogP contribution is -2.56. The number of hydrogen-bond donors (Lipinski definition) is 3. The molecule has 0 saturated heterocycles. The Bertz CT molecular complexity index is 1050. The average molecular weight is 529 g/mol. The van der Waals surface area contributed by atoms with E-state index >= 15 is 0 Å². The lowest BCUT2D eigenvalue weighted by molar-refractivity contribution is -0.141. The molecule has 3 saturated carbocycles. The van der Waals surface area contributed by atoms with Crippen molar-refractivity contribution in [2.45, 2.75) is 91.2 Å². The van der Waals surface area contributed by atoms with Gasteiger partial charge in [0.2, 0.25) is 5.91 Å². The molecule has 8 nitrogen and oxygen atoms in total. The zero-order chi connectivity index (χ0) is 27.9. The maximum absolute atomic E-state index is 13.3. The largest absolute Gasteiger partial charge is 0.442 e. The van der Waals surface area contributed by atoms with E-state index in [0.717, 1.165) is 37.7 Å². The Morgan fingerprint density at radius 1 is 1.18 bits per heavy atom. The topological polar surface area (TPSA) is 122 Å². The van der Waals surface area contributed by atoms with Gasteiger partial charge in [-0.25, -0.2) is 4.79 Å². The Kier molecular flexibility index (Phi) is 7.95. The molecule has 4 rings (SSSR count). The molecule has 3 N–H and O–H groups in total. The molecule has 7 unspecified atom stereocenters. The molecule has 210 valence electrons. The molecule has 8 heteroatoms. The molecule has 0 aromatic heterocycles. The summed E-state index contributed by atoms with van der Waals surface area (Å²) in [6, 6.07) is 0. The minimum absolute atomic E-state index is 0.0188. The molecule has 0 aromatic carbocycles. The van der Waals surface area contributed by atoms with E-state index in [9.17, 15) is 24.3 Å². The van der Waals surface area contributed by atoms with Crippen LogP contribution in [0.2, 0.25) is 0 Å². The van der Waals surface area contributed by atoms with Crippen LogP contribution in [0, 0.1) is 34.5 Å². The van der Waals surface area contributed by atoms with Crippen LogP contribution in [-0.2, 0) is 19.1 Å². The minimum Gasteiger partial charge on any atom is -0.442 e. The fraction of sp³-hybridized carbons (Fsp3) is 0.733. The lowest BCUT2D eigenvalue weighted by atomic mass is 9.46. The van der Waals surface area contributed by atoms with Gasteiger partial charge < -0.3 is 20.5 Å². The second-order valence-corrected chi connectivity index (χ2v) is 12.9. The summed E-state index contributed by atoms with van der Waals surface area (Å²) in [5.74, 6) is 0.0896. The predicted octanol–water partition coefficient (Wildman–Crippen LogP) is 3.87. The number of carbonyl (C=O) groups excluding carboxylic acids is 4. The summed E-state index contributed by atoms with van der Waals surface area (Å²) >= 11 is 0. The van der Waals surface area contributed by atoms with Gasteiger partial charge in [-0.2, -0.15) is 0 Å². The van der Waals surface area contributed by atoms with Gasteiger partial charge in [0, 0.05) is 35.8 Å². The second-order valence-electron chi connectivity index (χ2n) is 12.9. The molecule has 3 fully saturated rings. The molecule has 0 aromatic rings. The lowest BCUT2D eigenvalue weighted by Gasteiger charge is -2.58. The summed E-state index contributed by atoms with van der Waals surface area (Å²) in [6.07, 6.45) is 8.93. The number of ketones is 2. The van der Waals surface area contributed by atoms with Gasteiger partial charge in [-0.1, -0.05) is 32.4 Å². The van der Waals surface area contributed by atoms with Crippen molar-refractivity contribution in [2.75, 3.05) is 13.2 Å². The molecule has 0 bridgehead atoms. The Morgan fingerprint density at radius 2 is 1.92 bits per heavy atom. The van der Waals surface area contributed by atoms with Gasteiger partial charge in [-0.3, -0.25) is 14.4 Å². The standard InChI is InChI=1S/C30H44N2O6/c1-6-28(2,3)32-25(36)12-14-31-27(37)38-17-24(35)22-10-9-21-20-8-7-18-15-19(33)11-13-29(18,4)26(20)23(34)16-30(21,22)5/h11,13,15,20-23,26,34H,6-10,12,14,16-17H2,1-5H3,(H,31,37)(H,32,36). The first-order chi connectivity index (χ1) is 17.8. The van der Waals surface area contributed by atoms with Crippen LogP contribution >= 0.6 is 0 Å². The van der Waals surface area contributed by atoms with Crippen molar-refractivity contribution in [2.24, 2.45) is 34.5 Å². The summed E-state index contributed by atoms with van der Waals surface area (Å²) in [5, 5.41) is 16.9. The zero-order valence-corrected chi connectivity index (χ0v) is 23.5. The Morgan fingerprint density at radius 3 is 2.63 bits per heavy atom. The molecule has 7 atom stereocenters. The van der Waals surface area contributed by atoms with E-state index in [2.05, 4.69) is 24.5 Å². The van der Waals surface area contributed by atoms with Crippen LogP contribution in [0.3, 0.4) is 0 Å². The number of amides is 2. The smallest absolute Gasteiger partial charge is 0.407 e. The number of aliphatic hydroxyl groups excluding tert-OH is 1. The van der Waals surface area contributed by atoms with Crippen molar-refractivity contribution in [3.8, 4) is 0 Å². The third-order valence-electron chi connectivity index (χ3n) is 10.2. The summed E-state index contributed by atoms with van der Waals surface area (Å²) in [6.45, 7) is 9.96. The van der Waals surface area contributed by atoms with Crippen LogP contribution in [0.15, 0.2) is 23.8 Å². The van der Waals surface area contributed by atoms with Crippen LogP contribution in [0.1, 0.15) is 79.6 Å². The number of carbonyl (C=O) groups is 4. The van der Waals surface area contributed by atoms with E-state index < -0.39 is 12.2 Å². The molecule has 4 aliphatic rings. The number of fused-ring (bicyclic) bond motifs is 5. The van der Waals surface area contributed by atoms with E-state index in [-0.39, 0.29) is 71.2 Å². The summed E-state index contributed by atoms with van der Waals surface area (Å²) in [7, 11) is 0. The highest BCUT2D eigenvalue weighted by molar-refractivity contribution is 6.01. The van der Waals surface area contributed by atoms with Crippen molar-refractivity contribution in [3.63, 3.8) is 0 Å². The van der Waals surface area contributed by atoms with Crippen LogP contribution in [0.25, 0.3) is 0 Å². The summed E-state index contributed by atoms with van der Waals surface area (Å²) in [5.41, 5.74) is 0.134. The van der Waals surface area contributed by atoms with E-state index in [0.29, 0.717) is 12.3 Å². The van der Waals surface area contributed by atoms with Crippen molar-refractivity contribution in [1.29, 1.82) is 0 Å². The highest BCUT2D eigenvalue weighted by Crippen LogP contribution is 2.66. The molecular weight excluding hydrogens is 484 g/mol. The van der Waals surface area contributed by atoms with Crippen LogP contribution in [0.4, 0.5) is 4.79 Å². The van der Waals surface area contributed by atoms with Gasteiger partial charge in [0.05, 0.1) is 6.10 Å². The quantitative estimate of drug-likeness (QED) is 0.440. The van der Waals surface area contributed by atoms with E-state index in [1.54, 1.807) is 12.2 Å². The van der Waals surface area contributed by atoms with Crippen LogP contribution in [0.5, 0.6) is 0 Å². The Labute approximate surface area is 226 Å². The highest BCUT2D eigenvalue weighted by atomic mass is 16.6. The Balaban J connectivity index is 1.32. The van der Waals surface area contributed by atoms with Crippen LogP contribution < -0.4 is 10.6 Å². The number of hydrogen-bond acceptors (Lipinski definition) is 6. The van der Waals surface area contributed by atoms with E-state index in [1.807, 2.05) is 26.8 Å². The highest BCUT2D eigenvalue weighted by Gasteiger charge is 2.62. The molecule has 0 radical (unpaired) electrons. The number of ether oxygens (including phenoxy) is 1. The second kappa shape index (κ2) is 10.6. The fourth-order valence-corrected chi connectivity index (χ4v) is 7.95. The number of alkyl carbamates (subject to hydrolysis) is 1. The fourth-order valence-electron chi connectivity index (χ4n) is 7.95. The SMILES string of the molecule is CCC(C)(C)NC(=O)CCNC(=O)OCC(=O)C1CCC2C3CCC4=CC(=O)C=CC4(C)C3C(O)CC12C. The number of rotatable bonds is 8. The van der Waals surface area contributed by atoms with Gasteiger partial charge in [0.25, 0.3) is 0 Å². The monoisotopic (exact) mass is 528 g/mol. The van der Waals surface area contributed by atoms with Gasteiger partial charge in [0.15, 0.2) is 18.2 Å². The first-order valence-electron chi connectivity index (χ1n) is 14.2.